The van der Waals surface area contributed by atoms with Gasteiger partial charge in [-0.05, 0) is 62.4 Å². The van der Waals surface area contributed by atoms with Gasteiger partial charge in [0.1, 0.15) is 11.6 Å². The van der Waals surface area contributed by atoms with E-state index in [0.717, 1.165) is 32.2 Å². The lowest BCUT2D eigenvalue weighted by molar-refractivity contribution is -0.143. The van der Waals surface area contributed by atoms with Crippen LogP contribution in [-0.2, 0) is 25.4 Å². The minimum Gasteiger partial charge on any atom is -0.373 e. The van der Waals surface area contributed by atoms with Gasteiger partial charge < -0.3 is 31.7 Å². The van der Waals surface area contributed by atoms with Crippen molar-refractivity contribution in [2.24, 2.45) is 16.8 Å². The Kier molecular flexibility index (Phi) is 10.6. The van der Waals surface area contributed by atoms with Gasteiger partial charge >= 0.3 is 12.4 Å². The predicted octanol–water partition coefficient (Wildman–Crippen LogP) is 6.02. The third kappa shape index (κ3) is 8.19. The lowest BCUT2D eigenvalue weighted by Crippen LogP contribution is -2.39. The zero-order valence-corrected chi connectivity index (χ0v) is 24.2. The minimum atomic E-state index is -4.98. The number of hydrazone groups is 1. The molecule has 3 rings (SSSR count). The van der Waals surface area contributed by atoms with Crippen molar-refractivity contribution in [2.75, 3.05) is 37.4 Å². The normalized spacial score (nSPS) is 14.7. The maximum absolute atomic E-state index is 13.6. The monoisotopic (exact) mass is 600 g/mol. The Morgan fingerprint density at radius 1 is 1.02 bits per heavy atom. The number of hydrogen-bond acceptors (Lipinski definition) is 6. The topological polar surface area (TPSA) is 106 Å². The summed E-state index contributed by atoms with van der Waals surface area (Å²) in [5.41, 5.74) is 7.01. The number of pyridine rings is 1. The molecule has 0 spiro atoms. The van der Waals surface area contributed by atoms with E-state index >= 15 is 0 Å². The molecule has 1 aliphatic rings. The molecule has 0 unspecified atom stereocenters. The fourth-order valence-corrected chi connectivity index (χ4v) is 5.22. The predicted molar refractivity (Wildman–Crippen MR) is 153 cm³/mol. The summed E-state index contributed by atoms with van der Waals surface area (Å²) in [5, 5.41) is 15.3. The van der Waals surface area contributed by atoms with Gasteiger partial charge in [-0.1, -0.05) is 12.8 Å². The molecule has 2 aromatic rings. The van der Waals surface area contributed by atoms with Crippen molar-refractivity contribution in [3.63, 3.8) is 0 Å². The molecule has 0 aliphatic heterocycles. The molecule has 0 radical (unpaired) electrons. The van der Waals surface area contributed by atoms with Crippen molar-refractivity contribution >= 4 is 23.3 Å². The van der Waals surface area contributed by atoms with Gasteiger partial charge in [0.2, 0.25) is 5.96 Å². The highest BCUT2D eigenvalue weighted by Crippen LogP contribution is 2.37. The fourth-order valence-electron chi connectivity index (χ4n) is 5.22. The molecule has 1 aliphatic carbocycles. The van der Waals surface area contributed by atoms with Crippen molar-refractivity contribution in [3.8, 4) is 0 Å². The number of nitrogens with zero attached hydrogens (tertiary/aromatic N) is 4. The number of aromatic nitrogens is 1. The molecular formula is C28H38F6N8. The van der Waals surface area contributed by atoms with Gasteiger partial charge in [-0.25, -0.2) is 4.98 Å². The van der Waals surface area contributed by atoms with E-state index in [4.69, 9.17) is 16.1 Å². The van der Waals surface area contributed by atoms with Crippen molar-refractivity contribution in [2.45, 2.75) is 65.0 Å². The van der Waals surface area contributed by atoms with E-state index in [1.807, 2.05) is 6.92 Å². The van der Waals surface area contributed by atoms with Gasteiger partial charge in [0, 0.05) is 57.1 Å². The summed E-state index contributed by atoms with van der Waals surface area (Å²) < 4.78 is 81.4. The quantitative estimate of drug-likeness (QED) is 0.109. The lowest BCUT2D eigenvalue weighted by Gasteiger charge is -2.31. The van der Waals surface area contributed by atoms with Gasteiger partial charge in [-0.3, -0.25) is 0 Å². The number of alkyl halides is 6. The highest BCUT2D eigenvalue weighted by molar-refractivity contribution is 6.01. The molecule has 1 aromatic heterocycles. The Balaban J connectivity index is 2.13. The summed E-state index contributed by atoms with van der Waals surface area (Å²) in [6.07, 6.45) is -5.48. The van der Waals surface area contributed by atoms with Crippen molar-refractivity contribution in [3.05, 3.63) is 52.1 Å². The van der Waals surface area contributed by atoms with Gasteiger partial charge in [0.25, 0.3) is 0 Å². The minimum absolute atomic E-state index is 0.0393. The number of rotatable bonds is 11. The Bertz CT molecular complexity index is 1240. The van der Waals surface area contributed by atoms with Gasteiger partial charge in [-0.15, -0.1) is 5.10 Å². The maximum atomic E-state index is 13.6. The first kappa shape index (κ1) is 32.8. The zero-order chi connectivity index (χ0) is 31.2. The molecule has 232 valence electrons. The summed E-state index contributed by atoms with van der Waals surface area (Å²) in [6, 6.07) is 3.23. The molecule has 1 heterocycles. The second-order valence-electron chi connectivity index (χ2n) is 10.4. The number of anilines is 2. The van der Waals surface area contributed by atoms with Crippen LogP contribution < -0.4 is 21.4 Å². The Morgan fingerprint density at radius 2 is 1.62 bits per heavy atom. The summed E-state index contributed by atoms with van der Waals surface area (Å²) in [4.78, 5) is 8.34. The van der Waals surface area contributed by atoms with Gasteiger partial charge in [0.15, 0.2) is 0 Å². The van der Waals surface area contributed by atoms with E-state index in [0.29, 0.717) is 47.4 Å². The average molecular weight is 601 g/mol. The molecule has 42 heavy (non-hydrogen) atoms. The standard InChI is InChI=1S/C28H38F6N8/c1-5-41(14-18-8-6-7-9-18)25-20(12-23(17(2)35)24(37-3)39-25)16-42(26(36)40-38-4)15-19-10-21(27(29,30)31)13-22(11-19)28(32,33)34/h10-13,18,35,38H,5-9,14-16H2,1-4H3,(H2,36,40)(H,37,39). The van der Waals surface area contributed by atoms with Gasteiger partial charge in [-0.2, -0.15) is 26.3 Å². The van der Waals surface area contributed by atoms with E-state index in [1.165, 1.54) is 11.9 Å². The maximum Gasteiger partial charge on any atom is 0.416 e. The van der Waals surface area contributed by atoms with Crippen molar-refractivity contribution < 1.29 is 26.3 Å². The van der Waals surface area contributed by atoms with Crippen LogP contribution in [0.15, 0.2) is 29.4 Å². The third-order valence-electron chi connectivity index (χ3n) is 7.29. The summed E-state index contributed by atoms with van der Waals surface area (Å²) in [6.45, 7) is 4.52. The van der Waals surface area contributed by atoms with Crippen LogP contribution in [0.3, 0.4) is 0 Å². The summed E-state index contributed by atoms with van der Waals surface area (Å²) in [5.74, 6) is 1.42. The molecule has 0 bridgehead atoms. The highest BCUT2D eigenvalue weighted by atomic mass is 19.4. The van der Waals surface area contributed by atoms with Gasteiger partial charge in [0.05, 0.1) is 11.1 Å². The Hall–Kier alpha value is -3.71. The van der Waals surface area contributed by atoms with E-state index in [1.54, 1.807) is 20.0 Å². The zero-order valence-electron chi connectivity index (χ0n) is 24.2. The fraction of sp³-hybridized carbons (Fsp3) is 0.536. The number of benzene rings is 1. The second-order valence-corrected chi connectivity index (χ2v) is 10.4. The first-order valence-corrected chi connectivity index (χ1v) is 13.7. The van der Waals surface area contributed by atoms with Crippen LogP contribution in [0.4, 0.5) is 38.0 Å². The molecule has 0 amide bonds. The van der Waals surface area contributed by atoms with Crippen LogP contribution in [0.1, 0.15) is 67.3 Å². The smallest absolute Gasteiger partial charge is 0.373 e. The number of nitrogens with two attached hydrogens (primary N) is 1. The molecule has 1 fully saturated rings. The molecule has 1 aromatic carbocycles. The molecule has 1 saturated carbocycles. The number of hydrogen-bond donors (Lipinski definition) is 4. The number of nitrogens with one attached hydrogen (secondary N) is 3. The van der Waals surface area contributed by atoms with Crippen LogP contribution in [-0.4, -0.2) is 48.7 Å². The van der Waals surface area contributed by atoms with Crippen LogP contribution in [0, 0.1) is 11.3 Å². The lowest BCUT2D eigenvalue weighted by atomic mass is 10.0. The van der Waals surface area contributed by atoms with Crippen molar-refractivity contribution in [1.29, 1.82) is 5.41 Å². The largest absolute Gasteiger partial charge is 0.416 e. The van der Waals surface area contributed by atoms with Crippen LogP contribution >= 0.6 is 0 Å². The Labute approximate surface area is 241 Å². The molecular weight excluding hydrogens is 562 g/mol. The molecule has 5 N–H and O–H groups in total. The van der Waals surface area contributed by atoms with E-state index in [-0.39, 0.29) is 29.8 Å². The summed E-state index contributed by atoms with van der Waals surface area (Å²) in [7, 11) is 3.17. The molecule has 0 saturated heterocycles. The highest BCUT2D eigenvalue weighted by Gasteiger charge is 2.37. The SMILES string of the molecule is CCN(CC1CCCC1)c1nc(NC)c(C(C)=N)cc1CN(Cc1cc(C(F)(F)F)cc(C(F)(F)F)c1)/C(N)=N/NC. The van der Waals surface area contributed by atoms with Crippen LogP contribution in [0.25, 0.3) is 0 Å². The van der Waals surface area contributed by atoms with Crippen LogP contribution in [0.5, 0.6) is 0 Å². The molecule has 8 nitrogen and oxygen atoms in total. The Morgan fingerprint density at radius 3 is 2.10 bits per heavy atom. The molecule has 14 heteroatoms. The third-order valence-corrected chi connectivity index (χ3v) is 7.29. The molecule has 0 atom stereocenters. The van der Waals surface area contributed by atoms with Crippen molar-refractivity contribution in [1.82, 2.24) is 15.3 Å². The summed E-state index contributed by atoms with van der Waals surface area (Å²) >= 11 is 0. The second kappa shape index (κ2) is 13.5. The van der Waals surface area contributed by atoms with E-state index < -0.39 is 30.0 Å². The van der Waals surface area contributed by atoms with Crippen LogP contribution in [0.2, 0.25) is 0 Å². The number of halogens is 6. The first-order valence-electron chi connectivity index (χ1n) is 13.7. The first-order chi connectivity index (χ1) is 19.7. The number of guanidine groups is 1. The average Bonchev–Trinajstić information content (AvgIpc) is 3.43. The van der Waals surface area contributed by atoms with E-state index in [2.05, 4.69) is 20.7 Å². The van der Waals surface area contributed by atoms with E-state index in [9.17, 15) is 26.3 Å².